The summed E-state index contributed by atoms with van der Waals surface area (Å²) in [6.07, 6.45) is 0. The number of ketones is 1. The molecule has 5 nitrogen and oxygen atoms in total. The first-order valence-corrected chi connectivity index (χ1v) is 7.52. The largest absolute Gasteiger partial charge is 0.460 e. The molecule has 0 N–H and O–H groups in total. The third kappa shape index (κ3) is 3.08. The minimum Gasteiger partial charge on any atom is -0.460 e. The Morgan fingerprint density at radius 2 is 1.41 bits per heavy atom. The summed E-state index contributed by atoms with van der Waals surface area (Å²) in [4.78, 5) is 36.7. The van der Waals surface area contributed by atoms with Gasteiger partial charge >= 0.3 is 11.9 Å². The second kappa shape index (κ2) is 4.93. The molecule has 0 saturated heterocycles. The van der Waals surface area contributed by atoms with Crippen molar-refractivity contribution >= 4 is 17.7 Å². The zero-order chi connectivity index (χ0) is 17.0. The summed E-state index contributed by atoms with van der Waals surface area (Å²) in [5.41, 5.74) is -1.01. The summed E-state index contributed by atoms with van der Waals surface area (Å²) in [6, 6.07) is 0. The van der Waals surface area contributed by atoms with E-state index in [-0.39, 0.29) is 17.3 Å². The number of esters is 2. The average molecular weight is 308 g/mol. The minimum atomic E-state index is -0.728. The first-order chi connectivity index (χ1) is 9.83. The number of hydrogen-bond acceptors (Lipinski definition) is 5. The highest BCUT2D eigenvalue weighted by molar-refractivity contribution is 6.10. The Balaban J connectivity index is 2.14. The number of carbonyl (C=O) groups is 3. The fraction of sp³-hybridized carbons (Fsp3) is 0.706. The number of ether oxygens (including phenoxy) is 2. The van der Waals surface area contributed by atoms with Crippen LogP contribution in [0.25, 0.3) is 0 Å². The van der Waals surface area contributed by atoms with E-state index in [1.165, 1.54) is 0 Å². The van der Waals surface area contributed by atoms with Crippen LogP contribution >= 0.6 is 0 Å². The molecule has 2 aliphatic carbocycles. The molecule has 0 aromatic heterocycles. The van der Waals surface area contributed by atoms with Crippen LogP contribution in [-0.4, -0.2) is 28.9 Å². The summed E-state index contributed by atoms with van der Waals surface area (Å²) in [5, 5.41) is 0. The molecular weight excluding hydrogens is 284 g/mol. The van der Waals surface area contributed by atoms with Gasteiger partial charge in [0.2, 0.25) is 0 Å². The summed E-state index contributed by atoms with van der Waals surface area (Å²) in [5.74, 6) is -3.22. The van der Waals surface area contributed by atoms with Crippen molar-refractivity contribution < 1.29 is 23.9 Å². The zero-order valence-corrected chi connectivity index (χ0v) is 14.1. The lowest BCUT2D eigenvalue weighted by molar-refractivity contribution is -0.161. The Kier molecular flexibility index (Phi) is 3.75. The lowest BCUT2D eigenvalue weighted by Crippen LogP contribution is -2.32. The molecule has 5 heteroatoms. The molecule has 0 bridgehead atoms. The van der Waals surface area contributed by atoms with E-state index >= 15 is 0 Å². The van der Waals surface area contributed by atoms with E-state index in [1.807, 2.05) is 0 Å². The van der Waals surface area contributed by atoms with Crippen LogP contribution in [0.1, 0.15) is 41.5 Å². The van der Waals surface area contributed by atoms with E-state index in [2.05, 4.69) is 6.58 Å². The van der Waals surface area contributed by atoms with Gasteiger partial charge in [-0.05, 0) is 41.5 Å². The first kappa shape index (κ1) is 16.7. The zero-order valence-electron chi connectivity index (χ0n) is 14.1. The second-order valence-corrected chi connectivity index (χ2v) is 8.06. The fourth-order valence-corrected chi connectivity index (χ4v) is 3.02. The number of hydrogen-bond donors (Lipinski definition) is 0. The minimum absolute atomic E-state index is 0.211. The number of Topliss-reactive ketones (excluding diaryl/α,β-unsaturated/α-hetero) is 1. The predicted molar refractivity (Wildman–Crippen MR) is 79.8 cm³/mol. The predicted octanol–water partition coefficient (Wildman–Crippen LogP) is 2.29. The van der Waals surface area contributed by atoms with Crippen molar-refractivity contribution in [2.75, 3.05) is 0 Å². The molecule has 0 aromatic rings. The van der Waals surface area contributed by atoms with E-state index < -0.39 is 40.9 Å². The van der Waals surface area contributed by atoms with Gasteiger partial charge in [0.05, 0.1) is 11.8 Å². The highest BCUT2D eigenvalue weighted by Gasteiger charge is 2.70. The van der Waals surface area contributed by atoms with Gasteiger partial charge in [0, 0.05) is 17.4 Å². The van der Waals surface area contributed by atoms with Gasteiger partial charge in [-0.1, -0.05) is 6.58 Å². The van der Waals surface area contributed by atoms with Crippen molar-refractivity contribution in [1.82, 2.24) is 0 Å². The van der Waals surface area contributed by atoms with Gasteiger partial charge in [-0.15, -0.1) is 0 Å². The molecule has 2 rings (SSSR count). The lowest BCUT2D eigenvalue weighted by Gasteiger charge is -2.24. The van der Waals surface area contributed by atoms with Crippen LogP contribution in [0, 0.1) is 23.7 Å². The Hall–Kier alpha value is -1.65. The van der Waals surface area contributed by atoms with Crippen molar-refractivity contribution in [2.45, 2.75) is 52.7 Å². The van der Waals surface area contributed by atoms with Crippen molar-refractivity contribution in [3.05, 3.63) is 12.2 Å². The van der Waals surface area contributed by atoms with Gasteiger partial charge in [-0.25, -0.2) is 0 Å². The SMILES string of the molecule is C=C1C(=O)[C@H]2[C@H](C(=O)OC(C)(C)C)[C@H]2[C@@H]1C(=O)OC(C)(C)C. The molecule has 4 atom stereocenters. The van der Waals surface area contributed by atoms with Crippen molar-refractivity contribution in [1.29, 1.82) is 0 Å². The van der Waals surface area contributed by atoms with Gasteiger partial charge in [0.1, 0.15) is 11.2 Å². The maximum Gasteiger partial charge on any atom is 0.314 e. The standard InChI is InChI=1S/C17H24O5/c1-8-9(14(19)21-16(2,3)4)10-11(13(8)18)12(10)15(20)22-17(5,6)7/h9-12H,1H2,2-7H3/t9-,10+,11-,12-/m1/s1. The van der Waals surface area contributed by atoms with E-state index in [0.29, 0.717) is 0 Å². The van der Waals surface area contributed by atoms with Crippen molar-refractivity contribution in [3.8, 4) is 0 Å². The molecular formula is C17H24O5. The normalized spacial score (nSPS) is 30.8. The Morgan fingerprint density at radius 3 is 1.86 bits per heavy atom. The molecule has 0 heterocycles. The van der Waals surface area contributed by atoms with E-state index in [4.69, 9.17) is 9.47 Å². The third-order valence-corrected chi connectivity index (χ3v) is 3.79. The fourth-order valence-electron chi connectivity index (χ4n) is 3.02. The second-order valence-electron chi connectivity index (χ2n) is 8.06. The van der Waals surface area contributed by atoms with E-state index in [0.717, 1.165) is 0 Å². The molecule has 0 radical (unpaired) electrons. The Morgan fingerprint density at radius 1 is 0.955 bits per heavy atom. The number of carbonyl (C=O) groups excluding carboxylic acids is 3. The van der Waals surface area contributed by atoms with Crippen LogP contribution in [0.3, 0.4) is 0 Å². The van der Waals surface area contributed by atoms with Crippen molar-refractivity contribution in [2.24, 2.45) is 23.7 Å². The molecule has 22 heavy (non-hydrogen) atoms. The van der Waals surface area contributed by atoms with Crippen LogP contribution in [-0.2, 0) is 23.9 Å². The quantitative estimate of drug-likeness (QED) is 0.578. The maximum absolute atomic E-state index is 12.3. The molecule has 0 spiro atoms. The van der Waals surface area contributed by atoms with Crippen LogP contribution in [0.4, 0.5) is 0 Å². The van der Waals surface area contributed by atoms with Gasteiger partial charge in [-0.2, -0.15) is 0 Å². The number of fused-ring (bicyclic) bond motifs is 1. The van der Waals surface area contributed by atoms with E-state index in [1.54, 1.807) is 41.5 Å². The summed E-state index contributed by atoms with van der Waals surface area (Å²) in [6.45, 7) is 14.3. The lowest BCUT2D eigenvalue weighted by atomic mass is 9.94. The maximum atomic E-state index is 12.3. The molecule has 0 aromatic carbocycles. The molecule has 2 saturated carbocycles. The average Bonchev–Trinajstić information content (AvgIpc) is 2.92. The van der Waals surface area contributed by atoms with Crippen LogP contribution in [0.15, 0.2) is 12.2 Å². The molecule has 2 aliphatic rings. The third-order valence-electron chi connectivity index (χ3n) is 3.79. The van der Waals surface area contributed by atoms with Gasteiger partial charge < -0.3 is 9.47 Å². The molecule has 0 unspecified atom stereocenters. The van der Waals surface area contributed by atoms with E-state index in [9.17, 15) is 14.4 Å². The molecule has 2 fully saturated rings. The highest BCUT2D eigenvalue weighted by Crippen LogP contribution is 2.61. The highest BCUT2D eigenvalue weighted by atomic mass is 16.6. The Labute approximate surface area is 131 Å². The van der Waals surface area contributed by atoms with Crippen LogP contribution < -0.4 is 0 Å². The van der Waals surface area contributed by atoms with Crippen LogP contribution in [0.2, 0.25) is 0 Å². The topological polar surface area (TPSA) is 69.7 Å². The molecule has 122 valence electrons. The Bertz CT molecular complexity index is 546. The van der Waals surface area contributed by atoms with Gasteiger partial charge in [-0.3, -0.25) is 14.4 Å². The summed E-state index contributed by atoms with van der Waals surface area (Å²) < 4.78 is 10.7. The van der Waals surface area contributed by atoms with Gasteiger partial charge in [0.25, 0.3) is 0 Å². The monoisotopic (exact) mass is 308 g/mol. The van der Waals surface area contributed by atoms with Crippen LogP contribution in [0.5, 0.6) is 0 Å². The smallest absolute Gasteiger partial charge is 0.314 e. The first-order valence-electron chi connectivity index (χ1n) is 7.52. The number of rotatable bonds is 2. The van der Waals surface area contributed by atoms with Gasteiger partial charge in [0.15, 0.2) is 5.78 Å². The van der Waals surface area contributed by atoms with Crippen molar-refractivity contribution in [3.63, 3.8) is 0 Å². The molecule has 0 aliphatic heterocycles. The molecule has 0 amide bonds. The summed E-state index contributed by atoms with van der Waals surface area (Å²) >= 11 is 0. The summed E-state index contributed by atoms with van der Waals surface area (Å²) in [7, 11) is 0.